The van der Waals surface area contributed by atoms with Gasteiger partial charge in [0.25, 0.3) is 0 Å². The van der Waals surface area contributed by atoms with Crippen LogP contribution in [-0.2, 0) is 9.59 Å². The molecule has 1 atom stereocenters. The molecule has 3 rings (SSSR count). The van der Waals surface area contributed by atoms with E-state index in [1.807, 2.05) is 4.90 Å². The lowest BCUT2D eigenvalue weighted by Gasteiger charge is -2.37. The summed E-state index contributed by atoms with van der Waals surface area (Å²) in [5, 5.41) is 5.62. The van der Waals surface area contributed by atoms with Crippen LogP contribution in [0.15, 0.2) is 29.3 Å². The quantitative estimate of drug-likeness (QED) is 0.818. The molecule has 2 N–H and O–H groups in total. The van der Waals surface area contributed by atoms with Crippen molar-refractivity contribution in [2.45, 2.75) is 19.4 Å². The SMILES string of the molecule is CCN1CCN(C2=N[C@H](C(=O)Nc3ccc(OC)cc3)CC(=O)N2)CC1. The molecule has 0 aliphatic carbocycles. The first-order chi connectivity index (χ1) is 12.6. The highest BCUT2D eigenvalue weighted by atomic mass is 16.5. The maximum atomic E-state index is 12.5. The van der Waals surface area contributed by atoms with E-state index in [4.69, 9.17) is 4.74 Å². The predicted molar refractivity (Wildman–Crippen MR) is 99.3 cm³/mol. The maximum absolute atomic E-state index is 12.5. The smallest absolute Gasteiger partial charge is 0.249 e. The van der Waals surface area contributed by atoms with E-state index in [2.05, 4.69) is 27.4 Å². The molecule has 0 spiro atoms. The minimum atomic E-state index is -0.718. The largest absolute Gasteiger partial charge is 0.497 e. The van der Waals surface area contributed by atoms with Crippen LogP contribution >= 0.6 is 0 Å². The summed E-state index contributed by atoms with van der Waals surface area (Å²) in [4.78, 5) is 33.5. The molecule has 8 nitrogen and oxygen atoms in total. The number of hydrogen-bond donors (Lipinski definition) is 2. The summed E-state index contributed by atoms with van der Waals surface area (Å²) in [6.45, 7) is 6.58. The summed E-state index contributed by atoms with van der Waals surface area (Å²) >= 11 is 0. The van der Waals surface area contributed by atoms with Crippen molar-refractivity contribution < 1.29 is 14.3 Å². The molecule has 2 heterocycles. The number of ether oxygens (including phenoxy) is 1. The second kappa shape index (κ2) is 8.18. The van der Waals surface area contributed by atoms with Crippen LogP contribution < -0.4 is 15.4 Å². The normalized spacial score (nSPS) is 21.0. The molecule has 1 aromatic rings. The topological polar surface area (TPSA) is 86.3 Å². The number of hydrogen-bond acceptors (Lipinski definition) is 6. The third-order valence-corrected chi connectivity index (χ3v) is 4.69. The minimum Gasteiger partial charge on any atom is -0.497 e. The zero-order valence-electron chi connectivity index (χ0n) is 15.2. The van der Waals surface area contributed by atoms with Crippen LogP contribution in [0, 0.1) is 0 Å². The average Bonchev–Trinajstić information content (AvgIpc) is 2.68. The lowest BCUT2D eigenvalue weighted by atomic mass is 10.1. The predicted octanol–water partition coefficient (Wildman–Crippen LogP) is 0.516. The van der Waals surface area contributed by atoms with Crippen LogP contribution in [0.3, 0.4) is 0 Å². The monoisotopic (exact) mass is 359 g/mol. The first-order valence-electron chi connectivity index (χ1n) is 8.89. The molecular weight excluding hydrogens is 334 g/mol. The Kier molecular flexibility index (Phi) is 5.72. The number of guanidine groups is 1. The Balaban J connectivity index is 1.65. The van der Waals surface area contributed by atoms with Crippen molar-refractivity contribution in [3.05, 3.63) is 24.3 Å². The van der Waals surface area contributed by atoms with Gasteiger partial charge in [0.15, 0.2) is 0 Å². The lowest BCUT2D eigenvalue weighted by Crippen LogP contribution is -2.56. The molecule has 2 aliphatic heterocycles. The molecule has 1 aromatic carbocycles. The van der Waals surface area contributed by atoms with E-state index >= 15 is 0 Å². The number of carbonyl (C=O) groups excluding carboxylic acids is 2. The van der Waals surface area contributed by atoms with Crippen molar-refractivity contribution in [1.82, 2.24) is 15.1 Å². The van der Waals surface area contributed by atoms with Gasteiger partial charge in [0, 0.05) is 31.9 Å². The summed E-state index contributed by atoms with van der Waals surface area (Å²) in [5.74, 6) is 0.760. The van der Waals surface area contributed by atoms with Crippen molar-refractivity contribution in [2.75, 3.05) is 45.2 Å². The highest BCUT2D eigenvalue weighted by molar-refractivity contribution is 6.05. The fraction of sp³-hybridized carbons (Fsp3) is 0.500. The highest BCUT2D eigenvalue weighted by Gasteiger charge is 2.30. The first kappa shape index (κ1) is 18.2. The van der Waals surface area contributed by atoms with Gasteiger partial charge in [0.2, 0.25) is 17.8 Å². The van der Waals surface area contributed by atoms with E-state index in [-0.39, 0.29) is 18.2 Å². The summed E-state index contributed by atoms with van der Waals surface area (Å²) in [7, 11) is 1.59. The van der Waals surface area contributed by atoms with Gasteiger partial charge in [-0.15, -0.1) is 0 Å². The fourth-order valence-corrected chi connectivity index (χ4v) is 3.06. The summed E-state index contributed by atoms with van der Waals surface area (Å²) in [5.41, 5.74) is 0.648. The van der Waals surface area contributed by atoms with Crippen molar-refractivity contribution in [3.63, 3.8) is 0 Å². The molecule has 8 heteroatoms. The van der Waals surface area contributed by atoms with Crippen LogP contribution in [0.1, 0.15) is 13.3 Å². The molecular formula is C18H25N5O3. The Morgan fingerprint density at radius 2 is 1.96 bits per heavy atom. The zero-order chi connectivity index (χ0) is 18.5. The van der Waals surface area contributed by atoms with E-state index in [1.165, 1.54) is 0 Å². The highest BCUT2D eigenvalue weighted by Crippen LogP contribution is 2.17. The molecule has 0 unspecified atom stereocenters. The molecule has 26 heavy (non-hydrogen) atoms. The number of aliphatic imine (C=N–C) groups is 1. The molecule has 0 aromatic heterocycles. The van der Waals surface area contributed by atoms with Gasteiger partial charge in [-0.25, -0.2) is 4.99 Å². The van der Waals surface area contributed by atoms with Gasteiger partial charge in [-0.05, 0) is 30.8 Å². The Morgan fingerprint density at radius 1 is 1.27 bits per heavy atom. The number of amides is 2. The molecule has 1 saturated heterocycles. The molecule has 140 valence electrons. The number of carbonyl (C=O) groups is 2. The zero-order valence-corrected chi connectivity index (χ0v) is 15.2. The number of piperazine rings is 1. The summed E-state index contributed by atoms with van der Waals surface area (Å²) < 4.78 is 5.10. The lowest BCUT2D eigenvalue weighted by molar-refractivity contribution is -0.125. The van der Waals surface area contributed by atoms with Gasteiger partial charge >= 0.3 is 0 Å². The second-order valence-electron chi connectivity index (χ2n) is 6.36. The number of methoxy groups -OCH3 is 1. The first-order valence-corrected chi connectivity index (χ1v) is 8.89. The number of rotatable bonds is 4. The number of nitrogens with zero attached hydrogens (tertiary/aromatic N) is 3. The molecule has 2 amide bonds. The van der Waals surface area contributed by atoms with Gasteiger partial charge in [0.05, 0.1) is 13.5 Å². The van der Waals surface area contributed by atoms with Crippen molar-refractivity contribution in [1.29, 1.82) is 0 Å². The molecule has 0 radical (unpaired) electrons. The number of anilines is 1. The number of likely N-dealkylation sites (N-methyl/N-ethyl adjacent to an activating group) is 1. The third-order valence-electron chi connectivity index (χ3n) is 4.69. The van der Waals surface area contributed by atoms with Gasteiger partial charge in [-0.3, -0.25) is 14.9 Å². The van der Waals surface area contributed by atoms with Crippen LogP contribution in [0.25, 0.3) is 0 Å². The van der Waals surface area contributed by atoms with E-state index in [1.54, 1.807) is 31.4 Å². The molecule has 0 saturated carbocycles. The van der Waals surface area contributed by atoms with Crippen molar-refractivity contribution >= 4 is 23.5 Å². The van der Waals surface area contributed by atoms with Crippen LogP contribution in [0.4, 0.5) is 5.69 Å². The number of nitrogens with one attached hydrogen (secondary N) is 2. The Bertz CT molecular complexity index is 681. The van der Waals surface area contributed by atoms with Crippen molar-refractivity contribution in [3.8, 4) is 5.75 Å². The van der Waals surface area contributed by atoms with Crippen LogP contribution in [-0.4, -0.2) is 73.4 Å². The Labute approximate surface area is 153 Å². The van der Waals surface area contributed by atoms with Gasteiger partial charge < -0.3 is 19.9 Å². The number of benzene rings is 1. The van der Waals surface area contributed by atoms with Gasteiger partial charge in [-0.2, -0.15) is 0 Å². The van der Waals surface area contributed by atoms with Crippen LogP contribution in [0.2, 0.25) is 0 Å². The third kappa shape index (κ3) is 4.32. The fourth-order valence-electron chi connectivity index (χ4n) is 3.06. The van der Waals surface area contributed by atoms with Gasteiger partial charge in [0.1, 0.15) is 11.8 Å². The Hall–Kier alpha value is -2.61. The van der Waals surface area contributed by atoms with E-state index < -0.39 is 6.04 Å². The van der Waals surface area contributed by atoms with E-state index in [0.29, 0.717) is 17.4 Å². The van der Waals surface area contributed by atoms with Crippen molar-refractivity contribution in [2.24, 2.45) is 4.99 Å². The summed E-state index contributed by atoms with van der Waals surface area (Å²) in [6.07, 6.45) is 0.0560. The molecule has 0 bridgehead atoms. The molecule has 1 fully saturated rings. The van der Waals surface area contributed by atoms with Crippen LogP contribution in [0.5, 0.6) is 5.75 Å². The van der Waals surface area contributed by atoms with E-state index in [9.17, 15) is 9.59 Å². The second-order valence-corrected chi connectivity index (χ2v) is 6.36. The van der Waals surface area contributed by atoms with E-state index in [0.717, 1.165) is 32.7 Å². The minimum absolute atomic E-state index is 0.0560. The Morgan fingerprint density at radius 3 is 2.58 bits per heavy atom. The standard InChI is InChI=1S/C18H25N5O3/c1-3-22-8-10-23(11-9-22)18-20-15(12-16(24)21-18)17(25)19-13-4-6-14(26-2)7-5-13/h4-7,15H,3,8-12H2,1-2H3,(H,19,25)(H,20,21,24)/t15-/m0/s1. The average molecular weight is 359 g/mol. The van der Waals surface area contributed by atoms with Gasteiger partial charge in [-0.1, -0.05) is 6.92 Å². The summed E-state index contributed by atoms with van der Waals surface area (Å²) in [6, 6.07) is 6.34. The molecule has 2 aliphatic rings. The maximum Gasteiger partial charge on any atom is 0.249 e.